The Hall–Kier alpha value is -1.91. The summed E-state index contributed by atoms with van der Waals surface area (Å²) in [6, 6.07) is 16.5. The van der Waals surface area contributed by atoms with E-state index in [2.05, 4.69) is 34.1 Å². The summed E-state index contributed by atoms with van der Waals surface area (Å²) < 4.78 is 10.9. The number of hydrogen-bond donors (Lipinski definition) is 0. The van der Waals surface area contributed by atoms with Crippen LogP contribution in [0.25, 0.3) is 0 Å². The molecule has 0 spiro atoms. The molecule has 2 aromatic rings. The number of halogens is 1. The Bertz CT molecular complexity index is 663. The molecular weight excluding hydrogens is 324 g/mol. The molecule has 5 heteroatoms. The third kappa shape index (κ3) is 3.77. The van der Waals surface area contributed by atoms with Crippen LogP contribution >= 0.6 is 11.6 Å². The predicted octanol–water partition coefficient (Wildman–Crippen LogP) is 3.44. The number of rotatable bonds is 5. The first-order valence-electron chi connectivity index (χ1n) is 8.38. The minimum atomic E-state index is 0.297. The minimum absolute atomic E-state index is 0.297. The molecule has 24 heavy (non-hydrogen) atoms. The van der Waals surface area contributed by atoms with Crippen molar-refractivity contribution in [1.29, 1.82) is 0 Å². The van der Waals surface area contributed by atoms with Gasteiger partial charge in [0.05, 0.1) is 6.61 Å². The van der Waals surface area contributed by atoms with Gasteiger partial charge in [0.25, 0.3) is 0 Å². The lowest BCUT2D eigenvalue weighted by Gasteiger charge is -2.37. The number of anilines is 2. The topological polar surface area (TPSA) is 28.2 Å². The van der Waals surface area contributed by atoms with Gasteiger partial charge in [0.15, 0.2) is 0 Å². The van der Waals surface area contributed by atoms with Crippen LogP contribution in [0.3, 0.4) is 0 Å². The fraction of sp³-hybridized carbons (Fsp3) is 0.368. The molecule has 0 N–H and O–H groups in total. The van der Waals surface area contributed by atoms with Gasteiger partial charge in [-0.3, -0.25) is 0 Å². The molecular formula is C19H21ClN2O2. The van der Waals surface area contributed by atoms with Crippen molar-refractivity contribution in [3.8, 4) is 5.75 Å². The van der Waals surface area contributed by atoms with Crippen LogP contribution in [0.1, 0.15) is 0 Å². The van der Waals surface area contributed by atoms with E-state index in [1.165, 1.54) is 11.4 Å². The summed E-state index contributed by atoms with van der Waals surface area (Å²) in [4.78, 5) is 4.82. The number of epoxide rings is 1. The van der Waals surface area contributed by atoms with Gasteiger partial charge >= 0.3 is 0 Å². The predicted molar refractivity (Wildman–Crippen MR) is 97.6 cm³/mol. The van der Waals surface area contributed by atoms with Crippen LogP contribution < -0.4 is 14.5 Å². The quantitative estimate of drug-likeness (QED) is 0.777. The number of benzene rings is 2. The van der Waals surface area contributed by atoms with Gasteiger partial charge in [-0.25, -0.2) is 0 Å². The molecule has 4 rings (SSSR count). The smallest absolute Gasteiger partial charge is 0.119 e. The largest absolute Gasteiger partial charge is 0.491 e. The molecule has 0 amide bonds. The zero-order chi connectivity index (χ0) is 16.4. The van der Waals surface area contributed by atoms with E-state index in [0.29, 0.717) is 12.7 Å². The number of nitrogens with zero attached hydrogens (tertiary/aromatic N) is 2. The second-order valence-corrected chi connectivity index (χ2v) is 6.65. The molecule has 0 aromatic heterocycles. The summed E-state index contributed by atoms with van der Waals surface area (Å²) in [5.41, 5.74) is 2.49. The first-order valence-corrected chi connectivity index (χ1v) is 8.76. The highest BCUT2D eigenvalue weighted by molar-refractivity contribution is 6.30. The van der Waals surface area contributed by atoms with Crippen LogP contribution in [0.15, 0.2) is 48.5 Å². The zero-order valence-corrected chi connectivity index (χ0v) is 14.3. The normalized spacial score (nSPS) is 20.1. The second kappa shape index (κ2) is 6.91. The maximum absolute atomic E-state index is 5.97. The monoisotopic (exact) mass is 344 g/mol. The Morgan fingerprint density at radius 1 is 0.875 bits per heavy atom. The van der Waals surface area contributed by atoms with E-state index in [9.17, 15) is 0 Å². The van der Waals surface area contributed by atoms with Crippen molar-refractivity contribution >= 4 is 23.0 Å². The number of piperazine rings is 1. The maximum atomic E-state index is 5.97. The molecule has 0 radical (unpaired) electrons. The highest BCUT2D eigenvalue weighted by Crippen LogP contribution is 2.24. The Kier molecular flexibility index (Phi) is 4.50. The van der Waals surface area contributed by atoms with Crippen molar-refractivity contribution in [2.24, 2.45) is 0 Å². The van der Waals surface area contributed by atoms with Crippen molar-refractivity contribution in [1.82, 2.24) is 0 Å². The van der Waals surface area contributed by atoms with Crippen LogP contribution in [0.2, 0.25) is 5.02 Å². The Morgan fingerprint density at radius 3 is 1.88 bits per heavy atom. The number of hydrogen-bond acceptors (Lipinski definition) is 4. The standard InChI is InChI=1S/C19H21ClN2O2/c20-15-1-3-16(4-2-15)21-9-11-22(12-10-21)17-5-7-18(8-6-17)23-13-19-14-24-19/h1-8,19H,9-14H2/t19-/m0/s1. The molecule has 2 fully saturated rings. The summed E-state index contributed by atoms with van der Waals surface area (Å²) in [6.45, 7) is 5.53. The van der Waals surface area contributed by atoms with Crippen LogP contribution in [0.5, 0.6) is 5.75 Å². The van der Waals surface area contributed by atoms with E-state index in [1.807, 2.05) is 24.3 Å². The molecule has 0 aliphatic carbocycles. The molecule has 1 atom stereocenters. The third-order valence-electron chi connectivity index (χ3n) is 4.51. The van der Waals surface area contributed by atoms with Crippen LogP contribution in [0.4, 0.5) is 11.4 Å². The first-order chi connectivity index (χ1) is 11.8. The highest BCUT2D eigenvalue weighted by atomic mass is 35.5. The van der Waals surface area contributed by atoms with Gasteiger partial charge in [0, 0.05) is 42.6 Å². The third-order valence-corrected chi connectivity index (χ3v) is 4.76. The van der Waals surface area contributed by atoms with Crippen LogP contribution in [-0.2, 0) is 4.74 Å². The Morgan fingerprint density at radius 2 is 1.38 bits per heavy atom. The second-order valence-electron chi connectivity index (χ2n) is 6.21. The molecule has 2 aliphatic rings. The Labute approximate surface area is 147 Å². The molecule has 0 unspecified atom stereocenters. The van der Waals surface area contributed by atoms with Gasteiger partial charge in [-0.05, 0) is 48.5 Å². The lowest BCUT2D eigenvalue weighted by Crippen LogP contribution is -2.46. The summed E-state index contributed by atoms with van der Waals surface area (Å²) >= 11 is 5.97. The highest BCUT2D eigenvalue weighted by Gasteiger charge is 2.23. The van der Waals surface area contributed by atoms with Crippen LogP contribution in [-0.4, -0.2) is 45.5 Å². The van der Waals surface area contributed by atoms with E-state index in [0.717, 1.165) is 43.6 Å². The van der Waals surface area contributed by atoms with Crippen LogP contribution in [0, 0.1) is 0 Å². The number of ether oxygens (including phenoxy) is 2. The molecule has 126 valence electrons. The van der Waals surface area contributed by atoms with Crippen molar-refractivity contribution < 1.29 is 9.47 Å². The fourth-order valence-electron chi connectivity index (χ4n) is 2.98. The van der Waals surface area contributed by atoms with E-state index >= 15 is 0 Å². The summed E-state index contributed by atoms with van der Waals surface area (Å²) in [7, 11) is 0. The average molecular weight is 345 g/mol. The lowest BCUT2D eigenvalue weighted by atomic mass is 10.2. The molecule has 2 heterocycles. The molecule has 2 saturated heterocycles. The van der Waals surface area contributed by atoms with E-state index in [4.69, 9.17) is 21.1 Å². The van der Waals surface area contributed by atoms with Crippen molar-refractivity contribution in [2.45, 2.75) is 6.10 Å². The fourth-order valence-corrected chi connectivity index (χ4v) is 3.11. The summed E-state index contributed by atoms with van der Waals surface area (Å²) in [5, 5.41) is 0.785. The van der Waals surface area contributed by atoms with Gasteiger partial charge in [-0.2, -0.15) is 0 Å². The van der Waals surface area contributed by atoms with Gasteiger partial charge in [-0.15, -0.1) is 0 Å². The molecule has 2 aromatic carbocycles. The van der Waals surface area contributed by atoms with Gasteiger partial charge in [-0.1, -0.05) is 11.6 Å². The minimum Gasteiger partial charge on any atom is -0.491 e. The van der Waals surface area contributed by atoms with E-state index in [1.54, 1.807) is 0 Å². The molecule has 2 aliphatic heterocycles. The van der Waals surface area contributed by atoms with Gasteiger partial charge < -0.3 is 19.3 Å². The van der Waals surface area contributed by atoms with E-state index in [-0.39, 0.29) is 0 Å². The molecule has 0 bridgehead atoms. The first kappa shape index (κ1) is 15.6. The average Bonchev–Trinajstić information content (AvgIpc) is 3.46. The van der Waals surface area contributed by atoms with Crippen molar-refractivity contribution in [3.05, 3.63) is 53.6 Å². The maximum Gasteiger partial charge on any atom is 0.119 e. The summed E-state index contributed by atoms with van der Waals surface area (Å²) in [6.07, 6.45) is 0.297. The molecule has 4 nitrogen and oxygen atoms in total. The molecule has 0 saturated carbocycles. The zero-order valence-electron chi connectivity index (χ0n) is 13.5. The van der Waals surface area contributed by atoms with Gasteiger partial charge in [0.1, 0.15) is 18.5 Å². The van der Waals surface area contributed by atoms with Crippen molar-refractivity contribution in [2.75, 3.05) is 49.2 Å². The Balaban J connectivity index is 1.32. The SMILES string of the molecule is Clc1ccc(N2CCN(c3ccc(OC[C@H]4CO4)cc3)CC2)cc1. The summed E-state index contributed by atoms with van der Waals surface area (Å²) in [5.74, 6) is 0.911. The van der Waals surface area contributed by atoms with Gasteiger partial charge in [0.2, 0.25) is 0 Å². The van der Waals surface area contributed by atoms with Crippen molar-refractivity contribution in [3.63, 3.8) is 0 Å². The lowest BCUT2D eigenvalue weighted by molar-refractivity contribution is 0.263. The van der Waals surface area contributed by atoms with E-state index < -0.39 is 0 Å².